The molecule has 0 radical (unpaired) electrons. The molecular formula is C5H3ClINO3S. The largest absolute Gasteiger partial charge is 0.340 e. The number of H-pyrrole nitrogens is 1. The van der Waals surface area contributed by atoms with Gasteiger partial charge in [0.25, 0.3) is 9.05 Å². The smallest absolute Gasteiger partial charge is 0.276 e. The van der Waals surface area contributed by atoms with E-state index in [0.717, 1.165) is 6.07 Å². The van der Waals surface area contributed by atoms with Crippen LogP contribution in [0.4, 0.5) is 0 Å². The van der Waals surface area contributed by atoms with Gasteiger partial charge < -0.3 is 4.98 Å². The van der Waals surface area contributed by atoms with E-state index in [1.807, 2.05) is 0 Å². The SMILES string of the molecule is O=c1cc(I)[nH]c(S(=O)(=O)Cl)c1. The maximum Gasteiger partial charge on any atom is 0.276 e. The minimum atomic E-state index is -3.84. The molecular weight excluding hydrogens is 316 g/mol. The second-order valence-corrected chi connectivity index (χ2v) is 5.66. The van der Waals surface area contributed by atoms with E-state index >= 15 is 0 Å². The standard InChI is InChI=1S/C5H3ClINO3S/c6-12(10,11)5-2-3(9)1-4(7)8-5/h1-2H,(H,8,9). The van der Waals surface area contributed by atoms with Crippen molar-refractivity contribution in [3.63, 3.8) is 0 Å². The first-order chi connectivity index (χ1) is 5.39. The van der Waals surface area contributed by atoms with Crippen LogP contribution in [0.1, 0.15) is 0 Å². The van der Waals surface area contributed by atoms with Gasteiger partial charge in [0.2, 0.25) is 0 Å². The molecule has 12 heavy (non-hydrogen) atoms. The molecule has 0 unspecified atom stereocenters. The Labute approximate surface area is 86.5 Å². The van der Waals surface area contributed by atoms with Gasteiger partial charge >= 0.3 is 0 Å². The van der Waals surface area contributed by atoms with Crippen LogP contribution >= 0.6 is 33.3 Å². The maximum atomic E-state index is 10.8. The lowest BCUT2D eigenvalue weighted by molar-refractivity contribution is 0.605. The number of nitrogens with one attached hydrogen (secondary N) is 1. The van der Waals surface area contributed by atoms with Crippen LogP contribution in [0.5, 0.6) is 0 Å². The molecule has 1 heterocycles. The lowest BCUT2D eigenvalue weighted by atomic mass is 10.5. The summed E-state index contributed by atoms with van der Waals surface area (Å²) in [5.74, 6) is 0. The Morgan fingerprint density at radius 1 is 1.42 bits per heavy atom. The second-order valence-electron chi connectivity index (χ2n) is 1.97. The second kappa shape index (κ2) is 3.35. The van der Waals surface area contributed by atoms with Gasteiger partial charge in [-0.3, -0.25) is 4.79 Å². The Hall–Kier alpha value is -0.0800. The summed E-state index contributed by atoms with van der Waals surface area (Å²) < 4.78 is 21.9. The summed E-state index contributed by atoms with van der Waals surface area (Å²) in [6, 6.07) is 2.20. The van der Waals surface area contributed by atoms with Crippen LogP contribution < -0.4 is 5.43 Å². The van der Waals surface area contributed by atoms with Crippen LogP contribution in [0.15, 0.2) is 22.0 Å². The molecule has 1 aromatic heterocycles. The molecule has 0 amide bonds. The highest BCUT2D eigenvalue weighted by Crippen LogP contribution is 2.10. The Balaban J connectivity index is 3.48. The van der Waals surface area contributed by atoms with Crippen LogP contribution in [-0.2, 0) is 9.05 Å². The van der Waals surface area contributed by atoms with E-state index in [1.165, 1.54) is 6.07 Å². The molecule has 1 aromatic rings. The molecule has 0 aliphatic heterocycles. The van der Waals surface area contributed by atoms with Crippen molar-refractivity contribution in [2.24, 2.45) is 0 Å². The summed E-state index contributed by atoms with van der Waals surface area (Å²) in [7, 11) is 1.17. The predicted molar refractivity (Wildman–Crippen MR) is 52.8 cm³/mol. The van der Waals surface area contributed by atoms with Crippen LogP contribution in [0.25, 0.3) is 0 Å². The van der Waals surface area contributed by atoms with E-state index in [1.54, 1.807) is 22.6 Å². The number of aromatic nitrogens is 1. The zero-order valence-corrected chi connectivity index (χ0v) is 9.27. The Morgan fingerprint density at radius 3 is 2.42 bits per heavy atom. The third-order valence-electron chi connectivity index (χ3n) is 1.05. The predicted octanol–water partition coefficient (Wildman–Crippen LogP) is 0.907. The molecule has 66 valence electrons. The van der Waals surface area contributed by atoms with Crippen LogP contribution in [0, 0.1) is 3.70 Å². The summed E-state index contributed by atoms with van der Waals surface area (Å²) in [6.07, 6.45) is 0. The van der Waals surface area contributed by atoms with Gasteiger partial charge in [0.1, 0.15) is 0 Å². The van der Waals surface area contributed by atoms with Crippen molar-refractivity contribution < 1.29 is 8.42 Å². The van der Waals surface area contributed by atoms with Crippen molar-refractivity contribution in [1.29, 1.82) is 0 Å². The van der Waals surface area contributed by atoms with E-state index < -0.39 is 14.5 Å². The Bertz CT molecular complexity index is 452. The van der Waals surface area contributed by atoms with E-state index in [-0.39, 0.29) is 5.03 Å². The lowest BCUT2D eigenvalue weighted by Gasteiger charge is -1.95. The average Bonchev–Trinajstić information content (AvgIpc) is 1.82. The molecule has 1 rings (SSSR count). The molecule has 0 atom stereocenters. The maximum absolute atomic E-state index is 10.8. The highest BCUT2D eigenvalue weighted by atomic mass is 127. The van der Waals surface area contributed by atoms with Gasteiger partial charge in [-0.05, 0) is 22.6 Å². The molecule has 0 aliphatic rings. The first-order valence-corrected chi connectivity index (χ1v) is 6.13. The number of pyridine rings is 1. The zero-order chi connectivity index (χ0) is 9.35. The topological polar surface area (TPSA) is 67.0 Å². The van der Waals surface area contributed by atoms with Gasteiger partial charge in [0.15, 0.2) is 10.5 Å². The molecule has 0 saturated heterocycles. The highest BCUT2D eigenvalue weighted by Gasteiger charge is 2.11. The molecule has 4 nitrogen and oxygen atoms in total. The van der Waals surface area contributed by atoms with E-state index in [2.05, 4.69) is 4.98 Å². The lowest BCUT2D eigenvalue weighted by Crippen LogP contribution is -2.06. The molecule has 0 aromatic carbocycles. The van der Waals surface area contributed by atoms with Gasteiger partial charge in [0.05, 0.1) is 3.70 Å². The molecule has 0 saturated carbocycles. The fraction of sp³-hybridized carbons (Fsp3) is 0. The summed E-state index contributed by atoms with van der Waals surface area (Å²) in [6.45, 7) is 0. The highest BCUT2D eigenvalue weighted by molar-refractivity contribution is 14.1. The van der Waals surface area contributed by atoms with Crippen molar-refractivity contribution in [2.45, 2.75) is 5.03 Å². The van der Waals surface area contributed by atoms with Gasteiger partial charge in [-0.1, -0.05) is 0 Å². The third-order valence-corrected chi connectivity index (χ3v) is 2.87. The van der Waals surface area contributed by atoms with Crippen LogP contribution in [0.3, 0.4) is 0 Å². The van der Waals surface area contributed by atoms with Gasteiger partial charge in [-0.15, -0.1) is 0 Å². The molecule has 7 heteroatoms. The quantitative estimate of drug-likeness (QED) is 0.475. The van der Waals surface area contributed by atoms with Crippen molar-refractivity contribution in [1.82, 2.24) is 4.98 Å². The summed E-state index contributed by atoms with van der Waals surface area (Å²) >= 11 is 1.79. The first kappa shape index (κ1) is 10.0. The van der Waals surface area contributed by atoms with Crippen molar-refractivity contribution in [2.75, 3.05) is 0 Å². The van der Waals surface area contributed by atoms with Crippen LogP contribution in [0.2, 0.25) is 0 Å². The van der Waals surface area contributed by atoms with Gasteiger partial charge in [-0.25, -0.2) is 8.42 Å². The average molecular weight is 320 g/mol. The normalized spacial score (nSPS) is 11.5. The van der Waals surface area contributed by atoms with Crippen molar-refractivity contribution in [3.8, 4) is 0 Å². The first-order valence-electron chi connectivity index (χ1n) is 2.74. The number of aromatic amines is 1. The summed E-state index contributed by atoms with van der Waals surface area (Å²) in [5, 5.41) is -0.277. The Kier molecular flexibility index (Phi) is 2.79. The van der Waals surface area contributed by atoms with E-state index in [0.29, 0.717) is 3.70 Å². The molecule has 0 spiro atoms. The van der Waals surface area contributed by atoms with Gasteiger partial charge in [0, 0.05) is 22.8 Å². The molecule has 0 bridgehead atoms. The molecule has 1 N–H and O–H groups in total. The number of hydrogen-bond acceptors (Lipinski definition) is 3. The third kappa shape index (κ3) is 2.46. The summed E-state index contributed by atoms with van der Waals surface area (Å²) in [4.78, 5) is 13.3. The molecule has 0 aliphatic carbocycles. The Morgan fingerprint density at radius 2 is 2.00 bits per heavy atom. The van der Waals surface area contributed by atoms with Gasteiger partial charge in [-0.2, -0.15) is 0 Å². The van der Waals surface area contributed by atoms with E-state index in [9.17, 15) is 13.2 Å². The number of rotatable bonds is 1. The minimum absolute atomic E-state index is 0.277. The summed E-state index contributed by atoms with van der Waals surface area (Å²) in [5.41, 5.74) is -0.391. The van der Waals surface area contributed by atoms with Crippen LogP contribution in [-0.4, -0.2) is 13.4 Å². The number of hydrogen-bond donors (Lipinski definition) is 1. The fourth-order valence-electron chi connectivity index (χ4n) is 0.617. The number of halogens is 2. The monoisotopic (exact) mass is 319 g/mol. The van der Waals surface area contributed by atoms with E-state index in [4.69, 9.17) is 10.7 Å². The fourth-order valence-corrected chi connectivity index (χ4v) is 2.14. The van der Waals surface area contributed by atoms with Crippen molar-refractivity contribution >= 4 is 42.3 Å². The zero-order valence-electron chi connectivity index (χ0n) is 5.54. The molecule has 0 fully saturated rings. The van der Waals surface area contributed by atoms with Crippen molar-refractivity contribution in [3.05, 3.63) is 26.1 Å². The minimum Gasteiger partial charge on any atom is -0.340 e.